The number of pyridine rings is 1. The molecule has 0 aromatic carbocycles. The lowest BCUT2D eigenvalue weighted by Crippen LogP contribution is -2.27. The zero-order valence-electron chi connectivity index (χ0n) is 7.87. The summed E-state index contributed by atoms with van der Waals surface area (Å²) < 4.78 is 12.5. The van der Waals surface area contributed by atoms with E-state index in [-0.39, 0.29) is 0 Å². The first-order chi connectivity index (χ1) is 6.84. The smallest absolute Gasteiger partial charge is 0.212 e. The summed E-state index contributed by atoms with van der Waals surface area (Å²) >= 11 is 1.98. The monoisotopic (exact) mass is 212 g/mol. The summed E-state index contributed by atoms with van der Waals surface area (Å²) in [5.41, 5.74) is 1.04. The van der Waals surface area contributed by atoms with Crippen molar-refractivity contribution in [2.75, 3.05) is 11.5 Å². The average molecular weight is 212 g/mol. The van der Waals surface area contributed by atoms with Crippen LogP contribution in [0.15, 0.2) is 18.3 Å². The van der Waals surface area contributed by atoms with Crippen LogP contribution in [-0.2, 0) is 6.54 Å². The second-order valence-electron chi connectivity index (χ2n) is 3.43. The van der Waals surface area contributed by atoms with Gasteiger partial charge in [-0.25, -0.2) is 4.98 Å². The molecule has 1 aliphatic heterocycles. The quantitative estimate of drug-likeness (QED) is 0.774. The number of nitrogens with zero attached hydrogens (tertiary/aromatic N) is 1. The summed E-state index contributed by atoms with van der Waals surface area (Å²) in [5.74, 6) is 2.03. The van der Waals surface area contributed by atoms with Gasteiger partial charge in [-0.1, -0.05) is 6.07 Å². The summed E-state index contributed by atoms with van der Waals surface area (Å²) in [6.07, 6.45) is 2.82. The fourth-order valence-corrected chi connectivity index (χ4v) is 2.66. The molecule has 1 aliphatic rings. The summed E-state index contributed by atoms with van der Waals surface area (Å²) in [4.78, 5) is 3.61. The predicted molar refractivity (Wildman–Crippen MR) is 56.8 cm³/mol. The van der Waals surface area contributed by atoms with Crippen LogP contribution >= 0.6 is 11.8 Å². The van der Waals surface area contributed by atoms with Gasteiger partial charge >= 0.3 is 0 Å². The maximum Gasteiger partial charge on any atom is 0.212 e. The minimum absolute atomic E-state index is 0.412. The minimum Gasteiger partial charge on any atom is -0.309 e. The number of hydrogen-bond acceptors (Lipinski definition) is 3. The van der Waals surface area contributed by atoms with Crippen LogP contribution in [-0.4, -0.2) is 22.5 Å². The third kappa shape index (κ3) is 2.69. The third-order valence-corrected chi connectivity index (χ3v) is 3.48. The van der Waals surface area contributed by atoms with Crippen molar-refractivity contribution in [2.45, 2.75) is 19.0 Å². The Hall–Kier alpha value is -0.610. The number of halogens is 1. The molecule has 0 aliphatic carbocycles. The first kappa shape index (κ1) is 9.93. The molecule has 1 aromatic heterocycles. The van der Waals surface area contributed by atoms with Crippen molar-refractivity contribution in [2.24, 2.45) is 0 Å². The van der Waals surface area contributed by atoms with Gasteiger partial charge in [-0.3, -0.25) is 0 Å². The zero-order valence-corrected chi connectivity index (χ0v) is 8.69. The largest absolute Gasteiger partial charge is 0.309 e. The van der Waals surface area contributed by atoms with E-state index in [2.05, 4.69) is 10.3 Å². The lowest BCUT2D eigenvalue weighted by Gasteiger charge is -2.10. The molecule has 2 nitrogen and oxygen atoms in total. The molecular weight excluding hydrogens is 199 g/mol. The van der Waals surface area contributed by atoms with Crippen LogP contribution < -0.4 is 5.32 Å². The van der Waals surface area contributed by atoms with Gasteiger partial charge in [-0.2, -0.15) is 16.2 Å². The summed E-state index contributed by atoms with van der Waals surface area (Å²) in [6.45, 7) is 0.790. The van der Waals surface area contributed by atoms with E-state index in [1.807, 2.05) is 11.8 Å². The molecule has 1 N–H and O–H groups in total. The van der Waals surface area contributed by atoms with E-state index in [0.717, 1.165) is 12.1 Å². The van der Waals surface area contributed by atoms with Gasteiger partial charge in [0.1, 0.15) is 0 Å². The molecule has 1 saturated heterocycles. The second-order valence-corrected chi connectivity index (χ2v) is 4.58. The molecule has 1 unspecified atom stereocenters. The Balaban J connectivity index is 1.82. The number of nitrogens with one attached hydrogen (secondary N) is 1. The van der Waals surface area contributed by atoms with Crippen LogP contribution in [0.25, 0.3) is 0 Å². The van der Waals surface area contributed by atoms with E-state index in [1.165, 1.54) is 24.0 Å². The molecule has 0 radical (unpaired) electrons. The topological polar surface area (TPSA) is 24.9 Å². The number of thioether (sulfide) groups is 1. The number of rotatable bonds is 3. The van der Waals surface area contributed by atoms with Crippen LogP contribution in [0.1, 0.15) is 12.0 Å². The first-order valence-corrected chi connectivity index (χ1v) is 5.91. The van der Waals surface area contributed by atoms with Crippen molar-refractivity contribution in [3.05, 3.63) is 29.8 Å². The Kier molecular flexibility index (Phi) is 3.37. The van der Waals surface area contributed by atoms with Crippen molar-refractivity contribution < 1.29 is 4.39 Å². The molecule has 1 fully saturated rings. The molecule has 2 rings (SSSR count). The van der Waals surface area contributed by atoms with Crippen molar-refractivity contribution in [1.29, 1.82) is 0 Å². The molecule has 1 atom stereocenters. The van der Waals surface area contributed by atoms with Crippen LogP contribution in [0, 0.1) is 5.95 Å². The van der Waals surface area contributed by atoms with E-state index >= 15 is 0 Å². The standard InChI is InChI=1S/C10H13FN2S/c11-10-2-1-8(6-13-10)5-12-9-3-4-14-7-9/h1-2,6,9,12H,3-5,7H2. The van der Waals surface area contributed by atoms with Gasteiger partial charge < -0.3 is 5.32 Å². The lowest BCUT2D eigenvalue weighted by molar-refractivity contribution is 0.551. The fraction of sp³-hybridized carbons (Fsp3) is 0.500. The Labute approximate surface area is 87.3 Å². The number of aromatic nitrogens is 1. The van der Waals surface area contributed by atoms with Crippen LogP contribution in [0.3, 0.4) is 0 Å². The van der Waals surface area contributed by atoms with Gasteiger partial charge in [0.05, 0.1) is 0 Å². The average Bonchev–Trinajstić information content (AvgIpc) is 2.70. The van der Waals surface area contributed by atoms with Crippen molar-refractivity contribution >= 4 is 11.8 Å². The Bertz CT molecular complexity index is 283. The highest BCUT2D eigenvalue weighted by Gasteiger charge is 2.14. The van der Waals surface area contributed by atoms with Crippen LogP contribution in [0.2, 0.25) is 0 Å². The first-order valence-electron chi connectivity index (χ1n) is 4.76. The minimum atomic E-state index is -0.412. The Morgan fingerprint density at radius 3 is 3.14 bits per heavy atom. The maximum atomic E-state index is 12.5. The second kappa shape index (κ2) is 4.75. The van der Waals surface area contributed by atoms with E-state index in [4.69, 9.17) is 0 Å². The van der Waals surface area contributed by atoms with Crippen LogP contribution in [0.5, 0.6) is 0 Å². The molecule has 0 amide bonds. The zero-order chi connectivity index (χ0) is 9.80. The molecule has 76 valence electrons. The van der Waals surface area contributed by atoms with Gasteiger partial charge in [-0.05, 0) is 23.8 Å². The van der Waals surface area contributed by atoms with Gasteiger partial charge in [0, 0.05) is 24.5 Å². The normalized spacial score (nSPS) is 21.4. The van der Waals surface area contributed by atoms with Crippen molar-refractivity contribution in [3.63, 3.8) is 0 Å². The predicted octanol–water partition coefficient (Wildman–Crippen LogP) is 1.82. The van der Waals surface area contributed by atoms with Gasteiger partial charge in [0.2, 0.25) is 5.95 Å². The molecule has 0 spiro atoms. The highest BCUT2D eigenvalue weighted by atomic mass is 32.2. The molecular formula is C10H13FN2S. The van der Waals surface area contributed by atoms with E-state index < -0.39 is 5.95 Å². The van der Waals surface area contributed by atoms with E-state index in [0.29, 0.717) is 6.04 Å². The number of hydrogen-bond donors (Lipinski definition) is 1. The SMILES string of the molecule is Fc1ccc(CNC2CCSC2)cn1. The lowest BCUT2D eigenvalue weighted by atomic mass is 10.2. The van der Waals surface area contributed by atoms with Gasteiger partial charge in [0.15, 0.2) is 0 Å². The third-order valence-electron chi connectivity index (χ3n) is 2.31. The van der Waals surface area contributed by atoms with Crippen molar-refractivity contribution in [3.8, 4) is 0 Å². The maximum absolute atomic E-state index is 12.5. The molecule has 14 heavy (non-hydrogen) atoms. The highest BCUT2D eigenvalue weighted by molar-refractivity contribution is 7.99. The van der Waals surface area contributed by atoms with Gasteiger partial charge in [0.25, 0.3) is 0 Å². The molecule has 0 saturated carbocycles. The fourth-order valence-electron chi connectivity index (χ4n) is 1.47. The Morgan fingerprint density at radius 1 is 1.57 bits per heavy atom. The summed E-state index contributed by atoms with van der Waals surface area (Å²) in [6, 6.07) is 3.79. The van der Waals surface area contributed by atoms with E-state index in [1.54, 1.807) is 12.3 Å². The highest BCUT2D eigenvalue weighted by Crippen LogP contribution is 2.17. The van der Waals surface area contributed by atoms with Crippen LogP contribution in [0.4, 0.5) is 4.39 Å². The molecule has 2 heterocycles. The molecule has 0 bridgehead atoms. The summed E-state index contributed by atoms with van der Waals surface area (Å²) in [7, 11) is 0. The van der Waals surface area contributed by atoms with Crippen molar-refractivity contribution in [1.82, 2.24) is 10.3 Å². The molecule has 4 heteroatoms. The Morgan fingerprint density at radius 2 is 2.50 bits per heavy atom. The van der Waals surface area contributed by atoms with Gasteiger partial charge in [-0.15, -0.1) is 0 Å². The van der Waals surface area contributed by atoms with E-state index in [9.17, 15) is 4.39 Å². The molecule has 1 aromatic rings. The summed E-state index contributed by atoms with van der Waals surface area (Å²) in [5, 5.41) is 3.43.